The lowest BCUT2D eigenvalue weighted by Gasteiger charge is -2.32. The van der Waals surface area contributed by atoms with Crippen LogP contribution in [0.15, 0.2) is 58.1 Å². The molecule has 0 spiro atoms. The summed E-state index contributed by atoms with van der Waals surface area (Å²) in [5, 5.41) is 19.2. The summed E-state index contributed by atoms with van der Waals surface area (Å²) in [5.74, 6) is 0.542. The molecule has 2 aromatic carbocycles. The maximum absolute atomic E-state index is 13.9. The first-order valence-corrected chi connectivity index (χ1v) is 12.1. The van der Waals surface area contributed by atoms with Gasteiger partial charge in [-0.1, -0.05) is 36.4 Å². The summed E-state index contributed by atoms with van der Waals surface area (Å²) in [4.78, 5) is 34.1. The average Bonchev–Trinajstić information content (AvgIpc) is 3.30. The highest BCUT2D eigenvalue weighted by atomic mass is 16.2. The van der Waals surface area contributed by atoms with E-state index in [4.69, 9.17) is 10.7 Å². The van der Waals surface area contributed by atoms with E-state index in [2.05, 4.69) is 12.1 Å². The molecule has 1 fully saturated rings. The van der Waals surface area contributed by atoms with Crippen LogP contribution >= 0.6 is 0 Å². The Hall–Kier alpha value is -4.67. The molecule has 0 bridgehead atoms. The van der Waals surface area contributed by atoms with Gasteiger partial charge in [-0.05, 0) is 36.1 Å². The van der Waals surface area contributed by atoms with E-state index >= 15 is 0 Å². The second-order valence-electron chi connectivity index (χ2n) is 9.29. The summed E-state index contributed by atoms with van der Waals surface area (Å²) >= 11 is 0. The minimum absolute atomic E-state index is 0.0311. The predicted molar refractivity (Wildman–Crippen MR) is 139 cm³/mol. The van der Waals surface area contributed by atoms with Crippen molar-refractivity contribution in [2.45, 2.75) is 32.0 Å². The lowest BCUT2D eigenvalue weighted by atomic mass is 10.1. The smallest absolute Gasteiger partial charge is 0.332 e. The number of fused-ring (bicyclic) bond motifs is 1. The molecule has 0 radical (unpaired) electrons. The minimum Gasteiger partial charge on any atom is -0.341 e. The van der Waals surface area contributed by atoms with Gasteiger partial charge < -0.3 is 10.6 Å². The number of piperidine rings is 1. The molecule has 0 amide bonds. The largest absolute Gasteiger partial charge is 0.341 e. The van der Waals surface area contributed by atoms with Gasteiger partial charge in [0.25, 0.3) is 5.56 Å². The highest BCUT2D eigenvalue weighted by Crippen LogP contribution is 2.25. The number of anilines is 1. The van der Waals surface area contributed by atoms with Crippen LogP contribution in [0.4, 0.5) is 5.95 Å². The van der Waals surface area contributed by atoms with Gasteiger partial charge in [0, 0.05) is 26.2 Å². The van der Waals surface area contributed by atoms with Crippen LogP contribution in [-0.2, 0) is 20.1 Å². The number of nitriles is 2. The van der Waals surface area contributed by atoms with Crippen LogP contribution in [0.5, 0.6) is 0 Å². The van der Waals surface area contributed by atoms with Crippen molar-refractivity contribution in [1.82, 2.24) is 18.7 Å². The fourth-order valence-electron chi connectivity index (χ4n) is 4.96. The zero-order chi connectivity index (χ0) is 26.1. The van der Waals surface area contributed by atoms with Crippen molar-refractivity contribution in [1.29, 1.82) is 10.5 Å². The van der Waals surface area contributed by atoms with E-state index in [1.165, 1.54) is 4.57 Å². The number of hydrogen-bond acceptors (Lipinski definition) is 7. The van der Waals surface area contributed by atoms with Crippen LogP contribution in [0.3, 0.4) is 0 Å². The molecule has 5 rings (SSSR count). The van der Waals surface area contributed by atoms with Crippen molar-refractivity contribution in [2.75, 3.05) is 18.0 Å². The van der Waals surface area contributed by atoms with Crippen LogP contribution in [0.25, 0.3) is 11.2 Å². The molecule has 3 heterocycles. The summed E-state index contributed by atoms with van der Waals surface area (Å²) < 4.78 is 4.29. The van der Waals surface area contributed by atoms with E-state index in [-0.39, 0.29) is 30.3 Å². The van der Waals surface area contributed by atoms with Gasteiger partial charge in [-0.15, -0.1) is 0 Å². The quantitative estimate of drug-likeness (QED) is 0.445. The average molecular weight is 495 g/mol. The standard InChI is InChI=1S/C27H26N8O2/c1-32-24-23(25(36)35(27(32)37)16-21-10-5-3-8-19(21)14-29)34(15-20-9-4-2-7-18(20)13-28)26(31-24)33-12-6-11-22(30)17-33/h2-5,7-10,22H,6,11-12,15-17,30H2,1H3. The summed E-state index contributed by atoms with van der Waals surface area (Å²) in [6.45, 7) is 1.47. The zero-order valence-corrected chi connectivity index (χ0v) is 20.5. The summed E-state index contributed by atoms with van der Waals surface area (Å²) in [6.07, 6.45) is 1.78. The van der Waals surface area contributed by atoms with Crippen molar-refractivity contribution in [3.05, 3.63) is 91.6 Å². The van der Waals surface area contributed by atoms with Gasteiger partial charge >= 0.3 is 5.69 Å². The van der Waals surface area contributed by atoms with E-state index in [1.807, 2.05) is 17.0 Å². The van der Waals surface area contributed by atoms with Crippen LogP contribution in [-0.4, -0.2) is 37.8 Å². The fraction of sp³-hybridized carbons (Fsp3) is 0.296. The third-order valence-electron chi connectivity index (χ3n) is 6.89. The number of benzene rings is 2. The van der Waals surface area contributed by atoms with Gasteiger partial charge in [0.15, 0.2) is 11.2 Å². The number of nitrogens with zero attached hydrogens (tertiary/aromatic N) is 7. The molecular formula is C27H26N8O2. The zero-order valence-electron chi connectivity index (χ0n) is 20.5. The molecule has 1 atom stereocenters. The Morgan fingerprint density at radius 3 is 2.16 bits per heavy atom. The van der Waals surface area contributed by atoms with E-state index in [9.17, 15) is 20.1 Å². The first kappa shape index (κ1) is 24.0. The Balaban J connectivity index is 1.76. The summed E-state index contributed by atoms with van der Waals surface area (Å²) in [6, 6.07) is 18.4. The Bertz CT molecular complexity index is 1700. The Labute approximate surface area is 213 Å². The molecule has 0 aliphatic carbocycles. The van der Waals surface area contributed by atoms with Crippen LogP contribution in [0.1, 0.15) is 35.1 Å². The second kappa shape index (κ2) is 9.76. The van der Waals surface area contributed by atoms with Crippen molar-refractivity contribution in [3.8, 4) is 12.1 Å². The monoisotopic (exact) mass is 494 g/mol. The molecule has 4 aromatic rings. The van der Waals surface area contributed by atoms with Gasteiger partial charge in [0.1, 0.15) is 0 Å². The molecule has 1 unspecified atom stereocenters. The third-order valence-corrected chi connectivity index (χ3v) is 6.89. The lowest BCUT2D eigenvalue weighted by molar-refractivity contribution is 0.495. The summed E-state index contributed by atoms with van der Waals surface area (Å²) in [5.41, 5.74) is 7.98. The minimum atomic E-state index is -0.519. The first-order chi connectivity index (χ1) is 17.9. The molecule has 37 heavy (non-hydrogen) atoms. The number of nitrogens with two attached hydrogens (primary N) is 1. The lowest BCUT2D eigenvalue weighted by Crippen LogP contribution is -2.44. The second-order valence-corrected chi connectivity index (χ2v) is 9.29. The van der Waals surface area contributed by atoms with E-state index in [1.54, 1.807) is 48.0 Å². The van der Waals surface area contributed by atoms with Crippen molar-refractivity contribution < 1.29 is 0 Å². The van der Waals surface area contributed by atoms with E-state index < -0.39 is 11.2 Å². The molecule has 0 saturated carbocycles. The Morgan fingerprint density at radius 1 is 0.973 bits per heavy atom. The predicted octanol–water partition coefficient (Wildman–Crippen LogP) is 1.66. The summed E-state index contributed by atoms with van der Waals surface area (Å²) in [7, 11) is 1.59. The van der Waals surface area contributed by atoms with Crippen molar-refractivity contribution in [3.63, 3.8) is 0 Å². The molecule has 10 heteroatoms. The highest BCUT2D eigenvalue weighted by molar-refractivity contribution is 5.75. The van der Waals surface area contributed by atoms with Crippen LogP contribution in [0, 0.1) is 22.7 Å². The topological polar surface area (TPSA) is 139 Å². The molecule has 2 N–H and O–H groups in total. The molecule has 1 saturated heterocycles. The van der Waals surface area contributed by atoms with Crippen LogP contribution in [0.2, 0.25) is 0 Å². The SMILES string of the molecule is Cn1c(=O)n(Cc2ccccc2C#N)c(=O)c2c1nc(N1CCCC(N)C1)n2Cc1ccccc1C#N. The maximum atomic E-state index is 13.9. The Morgan fingerprint density at radius 2 is 1.57 bits per heavy atom. The molecule has 2 aromatic heterocycles. The molecule has 186 valence electrons. The van der Waals surface area contributed by atoms with Gasteiger partial charge in [-0.3, -0.25) is 18.5 Å². The fourth-order valence-corrected chi connectivity index (χ4v) is 4.96. The number of hydrogen-bond donors (Lipinski definition) is 1. The number of aromatic nitrogens is 4. The van der Waals surface area contributed by atoms with Crippen molar-refractivity contribution in [2.24, 2.45) is 12.8 Å². The first-order valence-electron chi connectivity index (χ1n) is 12.1. The highest BCUT2D eigenvalue weighted by Gasteiger charge is 2.27. The maximum Gasteiger partial charge on any atom is 0.332 e. The molecule has 10 nitrogen and oxygen atoms in total. The van der Waals surface area contributed by atoms with E-state index in [0.29, 0.717) is 35.7 Å². The molecule has 1 aliphatic rings. The van der Waals surface area contributed by atoms with E-state index in [0.717, 1.165) is 23.0 Å². The number of rotatable bonds is 5. The Kier molecular flexibility index (Phi) is 6.34. The van der Waals surface area contributed by atoms with Gasteiger partial charge in [0.05, 0.1) is 36.4 Å². The van der Waals surface area contributed by atoms with Crippen LogP contribution < -0.4 is 21.9 Å². The molecular weight excluding hydrogens is 468 g/mol. The van der Waals surface area contributed by atoms with Crippen molar-refractivity contribution >= 4 is 17.1 Å². The van der Waals surface area contributed by atoms with Gasteiger partial charge in [0.2, 0.25) is 5.95 Å². The number of imidazole rings is 1. The normalized spacial score (nSPS) is 15.5. The number of aryl methyl sites for hydroxylation is 1. The third kappa shape index (κ3) is 4.28. The van der Waals surface area contributed by atoms with Gasteiger partial charge in [-0.2, -0.15) is 15.5 Å². The van der Waals surface area contributed by atoms with Gasteiger partial charge in [-0.25, -0.2) is 4.79 Å². The molecule has 1 aliphatic heterocycles.